The van der Waals surface area contributed by atoms with E-state index < -0.39 is 23.7 Å². The van der Waals surface area contributed by atoms with Gasteiger partial charge in [0.05, 0.1) is 7.11 Å². The van der Waals surface area contributed by atoms with E-state index in [1.165, 1.54) is 49.6 Å². The van der Waals surface area contributed by atoms with Gasteiger partial charge in [-0.15, -0.1) is 0 Å². The minimum atomic E-state index is -4.58. The second kappa shape index (κ2) is 9.76. The topological polar surface area (TPSA) is 42.4 Å². The molecule has 1 aromatic carbocycles. The number of carbonyl (C=O) groups is 1. The van der Waals surface area contributed by atoms with Crippen molar-refractivity contribution in [3.63, 3.8) is 0 Å². The summed E-state index contributed by atoms with van der Waals surface area (Å²) in [7, 11) is 1.24. The SMILES string of the molecule is COC(=O)/C=C/C=C(/c1ccc(F)cc1)c1ccc(C(F)(F)F)nc1N1CCCCC1. The number of nitrogens with zero attached hydrogens (tertiary/aromatic N) is 2. The summed E-state index contributed by atoms with van der Waals surface area (Å²) in [5, 5.41) is 0. The van der Waals surface area contributed by atoms with E-state index in [0.717, 1.165) is 25.3 Å². The first-order valence-corrected chi connectivity index (χ1v) is 9.85. The van der Waals surface area contributed by atoms with Gasteiger partial charge in [-0.05, 0) is 54.7 Å². The summed E-state index contributed by atoms with van der Waals surface area (Å²) in [6.07, 6.45) is 2.37. The van der Waals surface area contributed by atoms with Crippen LogP contribution in [0.25, 0.3) is 5.57 Å². The molecule has 1 aromatic heterocycles. The number of ether oxygens (including phenoxy) is 1. The van der Waals surface area contributed by atoms with Crippen molar-refractivity contribution < 1.29 is 27.1 Å². The van der Waals surface area contributed by atoms with Crippen LogP contribution in [0.15, 0.2) is 54.6 Å². The van der Waals surface area contributed by atoms with E-state index in [0.29, 0.717) is 29.8 Å². The number of aromatic nitrogens is 1. The van der Waals surface area contributed by atoms with Crippen LogP contribution in [0.3, 0.4) is 0 Å². The largest absolute Gasteiger partial charge is 0.466 e. The van der Waals surface area contributed by atoms with Gasteiger partial charge in [0.2, 0.25) is 0 Å². The summed E-state index contributed by atoms with van der Waals surface area (Å²) in [4.78, 5) is 17.3. The van der Waals surface area contributed by atoms with E-state index in [9.17, 15) is 22.4 Å². The van der Waals surface area contributed by atoms with E-state index in [1.807, 2.05) is 4.90 Å². The van der Waals surface area contributed by atoms with Gasteiger partial charge in [-0.2, -0.15) is 13.2 Å². The van der Waals surface area contributed by atoms with Crippen molar-refractivity contribution in [3.8, 4) is 0 Å². The molecule has 1 saturated heterocycles. The number of carbonyl (C=O) groups excluding carboxylic acids is 1. The Labute approximate surface area is 177 Å². The first-order chi connectivity index (χ1) is 14.8. The summed E-state index contributed by atoms with van der Waals surface area (Å²) in [5.41, 5.74) is 0.592. The smallest absolute Gasteiger partial charge is 0.433 e. The number of alkyl halides is 3. The maximum absolute atomic E-state index is 13.5. The second-order valence-electron chi connectivity index (χ2n) is 7.08. The predicted molar refractivity (Wildman–Crippen MR) is 110 cm³/mol. The molecule has 164 valence electrons. The number of hydrogen-bond acceptors (Lipinski definition) is 4. The van der Waals surface area contributed by atoms with Crippen molar-refractivity contribution in [1.82, 2.24) is 4.98 Å². The van der Waals surface area contributed by atoms with Crippen molar-refractivity contribution in [1.29, 1.82) is 0 Å². The summed E-state index contributed by atoms with van der Waals surface area (Å²) in [6, 6.07) is 7.91. The third-order valence-electron chi connectivity index (χ3n) is 4.96. The fraction of sp³-hybridized carbons (Fsp3) is 0.304. The second-order valence-corrected chi connectivity index (χ2v) is 7.08. The Morgan fingerprint density at radius 3 is 2.35 bits per heavy atom. The predicted octanol–water partition coefficient (Wildman–Crippen LogP) is 5.39. The van der Waals surface area contributed by atoms with Crippen molar-refractivity contribution >= 4 is 17.4 Å². The average molecular weight is 434 g/mol. The molecule has 0 unspecified atom stereocenters. The lowest BCUT2D eigenvalue weighted by Gasteiger charge is -2.30. The number of pyridine rings is 1. The van der Waals surface area contributed by atoms with Gasteiger partial charge < -0.3 is 9.64 Å². The first kappa shape index (κ1) is 22.5. The molecule has 0 bridgehead atoms. The van der Waals surface area contributed by atoms with Crippen LogP contribution in [0.2, 0.25) is 0 Å². The monoisotopic (exact) mass is 434 g/mol. The number of anilines is 1. The molecule has 0 amide bonds. The van der Waals surface area contributed by atoms with Crippen LogP contribution in [0.4, 0.5) is 23.4 Å². The average Bonchev–Trinajstić information content (AvgIpc) is 2.77. The van der Waals surface area contributed by atoms with E-state index in [1.54, 1.807) is 6.08 Å². The molecule has 0 spiro atoms. The number of methoxy groups -OCH3 is 1. The molecule has 31 heavy (non-hydrogen) atoms. The molecule has 3 rings (SSSR count). The minimum Gasteiger partial charge on any atom is -0.466 e. The van der Waals surface area contributed by atoms with E-state index in [2.05, 4.69) is 9.72 Å². The van der Waals surface area contributed by atoms with Gasteiger partial charge in [-0.3, -0.25) is 0 Å². The van der Waals surface area contributed by atoms with Crippen molar-refractivity contribution in [2.24, 2.45) is 0 Å². The number of halogens is 4. The van der Waals surface area contributed by atoms with Crippen molar-refractivity contribution in [2.75, 3.05) is 25.1 Å². The highest BCUT2D eigenvalue weighted by atomic mass is 19.4. The summed E-state index contributed by atoms with van der Waals surface area (Å²) < 4.78 is 58.1. The standard InChI is InChI=1S/C23H22F4N2O2/c1-31-21(30)7-5-6-18(16-8-10-17(24)11-9-16)19-12-13-20(23(25,26)27)28-22(19)29-14-3-2-4-15-29/h5-13H,2-4,14-15H2,1H3/b7-5+,18-6-. The van der Waals surface area contributed by atoms with Gasteiger partial charge >= 0.3 is 12.1 Å². The quantitative estimate of drug-likeness (QED) is 0.274. The van der Waals surface area contributed by atoms with E-state index in [4.69, 9.17) is 0 Å². The van der Waals surface area contributed by atoms with Gasteiger partial charge in [-0.1, -0.05) is 24.3 Å². The van der Waals surface area contributed by atoms with E-state index >= 15 is 0 Å². The normalized spacial score (nSPS) is 15.4. The third kappa shape index (κ3) is 5.71. The van der Waals surface area contributed by atoms with E-state index in [-0.39, 0.29) is 5.82 Å². The zero-order valence-electron chi connectivity index (χ0n) is 17.0. The zero-order valence-corrected chi connectivity index (χ0v) is 17.0. The molecule has 2 heterocycles. The Bertz CT molecular complexity index is 976. The highest BCUT2D eigenvalue weighted by Gasteiger charge is 2.34. The molecule has 1 fully saturated rings. The van der Waals surface area contributed by atoms with Crippen LogP contribution in [0, 0.1) is 5.82 Å². The molecule has 8 heteroatoms. The number of allylic oxidation sites excluding steroid dienone is 2. The van der Waals surface area contributed by atoms with Crippen LogP contribution in [-0.4, -0.2) is 31.2 Å². The number of benzene rings is 1. The number of hydrogen-bond donors (Lipinski definition) is 0. The lowest BCUT2D eigenvalue weighted by atomic mass is 9.96. The molecule has 0 aliphatic carbocycles. The fourth-order valence-electron chi connectivity index (χ4n) is 3.43. The fourth-order valence-corrected chi connectivity index (χ4v) is 3.43. The lowest BCUT2D eigenvalue weighted by Crippen LogP contribution is -2.31. The maximum Gasteiger partial charge on any atom is 0.433 e. The zero-order chi connectivity index (χ0) is 22.4. The Balaban J connectivity index is 2.16. The van der Waals surface area contributed by atoms with Gasteiger partial charge in [0.1, 0.15) is 17.3 Å². The van der Waals surface area contributed by atoms with Gasteiger partial charge in [0.15, 0.2) is 0 Å². The number of piperidine rings is 1. The summed E-state index contributed by atoms with van der Waals surface area (Å²) in [5.74, 6) is -0.789. The van der Waals surface area contributed by atoms with Crippen LogP contribution in [0.5, 0.6) is 0 Å². The Morgan fingerprint density at radius 1 is 1.06 bits per heavy atom. The highest BCUT2D eigenvalue weighted by Crippen LogP contribution is 2.36. The van der Waals surface area contributed by atoms with Gasteiger partial charge in [-0.25, -0.2) is 14.2 Å². The van der Waals surface area contributed by atoms with Crippen LogP contribution >= 0.6 is 0 Å². The summed E-state index contributed by atoms with van der Waals surface area (Å²) >= 11 is 0. The van der Waals surface area contributed by atoms with Crippen LogP contribution in [-0.2, 0) is 15.7 Å². The molecule has 0 saturated carbocycles. The number of esters is 1. The van der Waals surface area contributed by atoms with Crippen molar-refractivity contribution in [2.45, 2.75) is 25.4 Å². The van der Waals surface area contributed by atoms with Gasteiger partial charge in [0.25, 0.3) is 0 Å². The van der Waals surface area contributed by atoms with Crippen LogP contribution in [0.1, 0.15) is 36.1 Å². The summed E-state index contributed by atoms with van der Waals surface area (Å²) in [6.45, 7) is 1.19. The lowest BCUT2D eigenvalue weighted by molar-refractivity contribution is -0.141. The molecule has 1 aliphatic rings. The molecule has 0 atom stereocenters. The maximum atomic E-state index is 13.5. The number of rotatable bonds is 5. The van der Waals surface area contributed by atoms with Crippen molar-refractivity contribution in [3.05, 3.63) is 77.3 Å². The minimum absolute atomic E-state index is 0.219. The molecular formula is C23H22F4N2O2. The van der Waals surface area contributed by atoms with Crippen LogP contribution < -0.4 is 4.90 Å². The van der Waals surface area contributed by atoms with Gasteiger partial charge in [0, 0.05) is 24.7 Å². The molecule has 1 aliphatic heterocycles. The molecule has 0 N–H and O–H groups in total. The Morgan fingerprint density at radius 2 is 1.74 bits per heavy atom. The first-order valence-electron chi connectivity index (χ1n) is 9.85. The molecular weight excluding hydrogens is 412 g/mol. The Hall–Kier alpha value is -3.16. The highest BCUT2D eigenvalue weighted by molar-refractivity contribution is 5.88. The third-order valence-corrected chi connectivity index (χ3v) is 4.96. The Kier molecular flexibility index (Phi) is 7.09. The molecule has 4 nitrogen and oxygen atoms in total. The molecule has 2 aromatic rings. The molecule has 0 radical (unpaired) electrons.